The molecule has 4 heteroatoms. The van der Waals surface area contributed by atoms with Crippen molar-refractivity contribution >= 4 is 28.4 Å². The number of rotatable bonds is 4. The van der Waals surface area contributed by atoms with Crippen LogP contribution in [0.5, 0.6) is 11.5 Å². The maximum absolute atomic E-state index is 11.5. The fourth-order valence-corrected chi connectivity index (χ4v) is 1.51. The number of methoxy groups -OCH3 is 2. The lowest BCUT2D eigenvalue weighted by molar-refractivity contribution is 0.102. The third kappa shape index (κ3) is 2.37. The number of ether oxygens (including phenoxy) is 2. The summed E-state index contributed by atoms with van der Waals surface area (Å²) in [4.78, 5) is 11.5. The summed E-state index contributed by atoms with van der Waals surface area (Å²) in [5.41, 5.74) is 0.600. The fourth-order valence-electron chi connectivity index (χ4n) is 1.10. The van der Waals surface area contributed by atoms with Gasteiger partial charge in [-0.1, -0.05) is 22.6 Å². The molecule has 0 spiro atoms. The van der Waals surface area contributed by atoms with Gasteiger partial charge < -0.3 is 9.47 Å². The van der Waals surface area contributed by atoms with Crippen molar-refractivity contribution in [2.45, 2.75) is 0 Å². The van der Waals surface area contributed by atoms with E-state index in [1.807, 2.05) is 22.6 Å². The topological polar surface area (TPSA) is 35.5 Å². The van der Waals surface area contributed by atoms with Gasteiger partial charge in [0.25, 0.3) is 0 Å². The van der Waals surface area contributed by atoms with Crippen LogP contribution in [0, 0.1) is 0 Å². The molecule has 0 amide bonds. The van der Waals surface area contributed by atoms with Crippen LogP contribution < -0.4 is 9.47 Å². The standard InChI is InChI=1S/C10H11IO3/c1-13-7-3-4-8(9(12)6-11)10(5-7)14-2/h3-5H,6H2,1-2H3. The van der Waals surface area contributed by atoms with Crippen LogP contribution in [-0.4, -0.2) is 24.4 Å². The summed E-state index contributed by atoms with van der Waals surface area (Å²) in [6.45, 7) is 0. The van der Waals surface area contributed by atoms with Gasteiger partial charge in [0.05, 0.1) is 24.2 Å². The molecule has 0 saturated heterocycles. The Balaban J connectivity index is 3.11. The molecule has 0 saturated carbocycles. The Kier molecular flexibility index (Phi) is 4.19. The number of alkyl halides is 1. The first-order valence-corrected chi connectivity index (χ1v) is 5.56. The van der Waals surface area contributed by atoms with Crippen molar-refractivity contribution in [1.82, 2.24) is 0 Å². The predicted molar refractivity (Wildman–Crippen MR) is 62.8 cm³/mol. The highest BCUT2D eigenvalue weighted by molar-refractivity contribution is 14.1. The lowest BCUT2D eigenvalue weighted by atomic mass is 10.1. The Morgan fingerprint density at radius 2 is 2.07 bits per heavy atom. The molecule has 0 aliphatic carbocycles. The van der Waals surface area contributed by atoms with Gasteiger partial charge in [-0.25, -0.2) is 0 Å². The molecule has 0 aliphatic heterocycles. The summed E-state index contributed by atoms with van der Waals surface area (Å²) in [7, 11) is 3.12. The first-order valence-electron chi connectivity index (χ1n) is 4.04. The Hall–Kier alpha value is -0.780. The molecule has 0 aliphatic rings. The van der Waals surface area contributed by atoms with Crippen molar-refractivity contribution in [3.63, 3.8) is 0 Å². The first kappa shape index (κ1) is 11.3. The normalized spacial score (nSPS) is 9.64. The molecular weight excluding hydrogens is 295 g/mol. The minimum Gasteiger partial charge on any atom is -0.497 e. The number of hydrogen-bond donors (Lipinski definition) is 0. The lowest BCUT2D eigenvalue weighted by Crippen LogP contribution is -2.03. The van der Waals surface area contributed by atoms with Crippen LogP contribution in [0.3, 0.4) is 0 Å². The Morgan fingerprint density at radius 1 is 1.36 bits per heavy atom. The van der Waals surface area contributed by atoms with Crippen molar-refractivity contribution in [3.05, 3.63) is 23.8 Å². The zero-order valence-electron chi connectivity index (χ0n) is 8.04. The quantitative estimate of drug-likeness (QED) is 0.486. The molecule has 1 aromatic carbocycles. The van der Waals surface area contributed by atoms with E-state index in [2.05, 4.69) is 0 Å². The maximum Gasteiger partial charge on any atom is 0.176 e. The molecule has 0 radical (unpaired) electrons. The minimum absolute atomic E-state index is 0.0603. The van der Waals surface area contributed by atoms with E-state index in [-0.39, 0.29) is 5.78 Å². The van der Waals surface area contributed by atoms with Crippen molar-refractivity contribution < 1.29 is 14.3 Å². The molecule has 0 unspecified atom stereocenters. The van der Waals surface area contributed by atoms with Crippen molar-refractivity contribution in [2.75, 3.05) is 18.6 Å². The van der Waals surface area contributed by atoms with Gasteiger partial charge in [0.2, 0.25) is 0 Å². The van der Waals surface area contributed by atoms with Crippen LogP contribution in [0.25, 0.3) is 0 Å². The number of halogens is 1. The van der Waals surface area contributed by atoms with Crippen LogP contribution >= 0.6 is 22.6 Å². The second-order valence-corrected chi connectivity index (χ2v) is 3.39. The summed E-state index contributed by atoms with van der Waals surface area (Å²) in [5, 5.41) is 0. The molecule has 0 atom stereocenters. The molecule has 3 nitrogen and oxygen atoms in total. The monoisotopic (exact) mass is 306 g/mol. The molecule has 1 rings (SSSR count). The molecule has 1 aromatic rings. The predicted octanol–water partition coefficient (Wildman–Crippen LogP) is 2.32. The molecular formula is C10H11IO3. The largest absolute Gasteiger partial charge is 0.497 e. The van der Waals surface area contributed by atoms with Crippen molar-refractivity contribution in [2.24, 2.45) is 0 Å². The summed E-state index contributed by atoms with van der Waals surface area (Å²) in [6.07, 6.45) is 0. The van der Waals surface area contributed by atoms with Gasteiger partial charge in [0.15, 0.2) is 5.78 Å². The van der Waals surface area contributed by atoms with Crippen LogP contribution in [0.15, 0.2) is 18.2 Å². The molecule has 0 aromatic heterocycles. The number of ketones is 1. The molecule has 0 heterocycles. The van der Waals surface area contributed by atoms with Gasteiger partial charge in [-0.05, 0) is 12.1 Å². The maximum atomic E-state index is 11.5. The Morgan fingerprint density at radius 3 is 2.57 bits per heavy atom. The number of Topliss-reactive ketones (excluding diaryl/α,β-unsaturated/α-hetero) is 1. The summed E-state index contributed by atoms with van der Waals surface area (Å²) in [5.74, 6) is 1.31. The second-order valence-electron chi connectivity index (χ2n) is 2.62. The van der Waals surface area contributed by atoms with E-state index in [4.69, 9.17) is 9.47 Å². The van der Waals surface area contributed by atoms with Gasteiger partial charge >= 0.3 is 0 Å². The first-order chi connectivity index (χ1) is 6.72. The molecule has 0 N–H and O–H groups in total. The molecule has 76 valence electrons. The van der Waals surface area contributed by atoms with E-state index >= 15 is 0 Å². The van der Waals surface area contributed by atoms with Gasteiger partial charge in [-0.3, -0.25) is 4.79 Å². The average molecular weight is 306 g/mol. The molecule has 14 heavy (non-hydrogen) atoms. The van der Waals surface area contributed by atoms with E-state index in [1.165, 1.54) is 0 Å². The number of hydrogen-bond acceptors (Lipinski definition) is 3. The van der Waals surface area contributed by atoms with E-state index < -0.39 is 0 Å². The Labute approximate surface area is 96.5 Å². The number of benzene rings is 1. The van der Waals surface area contributed by atoms with Gasteiger partial charge in [0, 0.05) is 6.07 Å². The van der Waals surface area contributed by atoms with Crippen LogP contribution in [0.2, 0.25) is 0 Å². The van der Waals surface area contributed by atoms with Gasteiger partial charge in [-0.15, -0.1) is 0 Å². The highest BCUT2D eigenvalue weighted by Crippen LogP contribution is 2.25. The Bertz CT molecular complexity index is 336. The van der Waals surface area contributed by atoms with Gasteiger partial charge in [-0.2, -0.15) is 0 Å². The molecule has 0 fully saturated rings. The zero-order valence-corrected chi connectivity index (χ0v) is 10.2. The van der Waals surface area contributed by atoms with E-state index in [1.54, 1.807) is 32.4 Å². The van der Waals surface area contributed by atoms with Crippen molar-refractivity contribution in [3.8, 4) is 11.5 Å². The third-order valence-corrected chi connectivity index (χ3v) is 2.52. The van der Waals surface area contributed by atoms with Crippen molar-refractivity contribution in [1.29, 1.82) is 0 Å². The lowest BCUT2D eigenvalue weighted by Gasteiger charge is -2.08. The van der Waals surface area contributed by atoms with Crippen LogP contribution in [-0.2, 0) is 0 Å². The highest BCUT2D eigenvalue weighted by atomic mass is 127. The third-order valence-electron chi connectivity index (χ3n) is 1.83. The zero-order chi connectivity index (χ0) is 10.6. The van der Waals surface area contributed by atoms with E-state index in [0.717, 1.165) is 0 Å². The van der Waals surface area contributed by atoms with E-state index in [9.17, 15) is 4.79 Å². The van der Waals surface area contributed by atoms with Crippen LogP contribution in [0.1, 0.15) is 10.4 Å². The number of carbonyl (C=O) groups is 1. The highest BCUT2D eigenvalue weighted by Gasteiger charge is 2.11. The SMILES string of the molecule is COc1ccc(C(=O)CI)c(OC)c1. The summed E-state index contributed by atoms with van der Waals surface area (Å²) >= 11 is 2.03. The average Bonchev–Trinajstić information content (AvgIpc) is 2.27. The van der Waals surface area contributed by atoms with Crippen LogP contribution in [0.4, 0.5) is 0 Å². The van der Waals surface area contributed by atoms with E-state index in [0.29, 0.717) is 21.5 Å². The summed E-state index contributed by atoms with van der Waals surface area (Å²) < 4.78 is 10.6. The second kappa shape index (κ2) is 5.19. The number of carbonyl (C=O) groups excluding carboxylic acids is 1. The fraction of sp³-hybridized carbons (Fsp3) is 0.300. The molecule has 0 bridgehead atoms. The van der Waals surface area contributed by atoms with Gasteiger partial charge in [0.1, 0.15) is 11.5 Å². The summed E-state index contributed by atoms with van der Waals surface area (Å²) in [6, 6.07) is 5.18. The minimum atomic E-state index is 0.0603. The smallest absolute Gasteiger partial charge is 0.176 e.